The van der Waals surface area contributed by atoms with Crippen LogP contribution in [0.3, 0.4) is 0 Å². The zero-order chi connectivity index (χ0) is 16.9. The summed E-state index contributed by atoms with van der Waals surface area (Å²) in [7, 11) is 2.04. The van der Waals surface area contributed by atoms with E-state index in [1.165, 1.54) is 0 Å². The van der Waals surface area contributed by atoms with Crippen molar-refractivity contribution >= 4 is 0 Å². The Morgan fingerprint density at radius 3 is 2.25 bits per heavy atom. The van der Waals surface area contributed by atoms with Gasteiger partial charge < -0.3 is 9.67 Å². The van der Waals surface area contributed by atoms with Crippen LogP contribution in [-0.2, 0) is 20.0 Å². The molecular formula is C18H27N5O. The van der Waals surface area contributed by atoms with Gasteiger partial charge in [-0.1, -0.05) is 37.3 Å². The van der Waals surface area contributed by atoms with Crippen molar-refractivity contribution < 1.29 is 5.11 Å². The minimum absolute atomic E-state index is 0.413. The van der Waals surface area contributed by atoms with Crippen molar-refractivity contribution in [1.29, 1.82) is 0 Å². The predicted octanol–water partition coefficient (Wildman–Crippen LogP) is 1.23. The van der Waals surface area contributed by atoms with Gasteiger partial charge in [-0.05, 0) is 5.56 Å². The Kier molecular flexibility index (Phi) is 5.60. The van der Waals surface area contributed by atoms with Gasteiger partial charge in [0.25, 0.3) is 0 Å². The van der Waals surface area contributed by atoms with Gasteiger partial charge in [0.05, 0.1) is 12.6 Å². The van der Waals surface area contributed by atoms with Gasteiger partial charge >= 0.3 is 0 Å². The lowest BCUT2D eigenvalue weighted by Gasteiger charge is -2.35. The SMILES string of the molecule is CCc1nnc(CN2CCN(CC(O)c3ccccc3)CC2)n1C. The number of hydrogen-bond acceptors (Lipinski definition) is 5. The van der Waals surface area contributed by atoms with Gasteiger partial charge in [0.2, 0.25) is 0 Å². The van der Waals surface area contributed by atoms with Crippen molar-refractivity contribution in [3.05, 3.63) is 47.5 Å². The molecule has 1 aliphatic rings. The van der Waals surface area contributed by atoms with E-state index in [1.807, 2.05) is 37.4 Å². The number of rotatable bonds is 6. The molecule has 130 valence electrons. The van der Waals surface area contributed by atoms with E-state index >= 15 is 0 Å². The van der Waals surface area contributed by atoms with E-state index in [1.54, 1.807) is 0 Å². The van der Waals surface area contributed by atoms with Gasteiger partial charge in [0.1, 0.15) is 11.6 Å². The Hall–Kier alpha value is -1.76. The smallest absolute Gasteiger partial charge is 0.146 e. The Bertz CT molecular complexity index is 634. The first kappa shape index (κ1) is 17.1. The van der Waals surface area contributed by atoms with E-state index < -0.39 is 6.10 Å². The predicted molar refractivity (Wildman–Crippen MR) is 93.5 cm³/mol. The molecule has 1 atom stereocenters. The number of β-amino-alcohol motifs (C(OH)–C–C–N with tert-alkyl or cyclic N) is 1. The Labute approximate surface area is 143 Å². The van der Waals surface area contributed by atoms with Gasteiger partial charge in [-0.15, -0.1) is 10.2 Å². The summed E-state index contributed by atoms with van der Waals surface area (Å²) < 4.78 is 2.10. The Morgan fingerprint density at radius 2 is 1.62 bits per heavy atom. The fourth-order valence-corrected chi connectivity index (χ4v) is 3.20. The van der Waals surface area contributed by atoms with Gasteiger partial charge in [-0.2, -0.15) is 0 Å². The molecule has 6 nitrogen and oxygen atoms in total. The third-order valence-corrected chi connectivity index (χ3v) is 4.82. The van der Waals surface area contributed by atoms with Crippen LogP contribution >= 0.6 is 0 Å². The van der Waals surface area contributed by atoms with Crippen LogP contribution in [0.25, 0.3) is 0 Å². The molecule has 1 aromatic heterocycles. The van der Waals surface area contributed by atoms with E-state index in [4.69, 9.17) is 0 Å². The van der Waals surface area contributed by atoms with Crippen LogP contribution in [0.1, 0.15) is 30.2 Å². The van der Waals surface area contributed by atoms with Crippen molar-refractivity contribution in [2.45, 2.75) is 26.0 Å². The van der Waals surface area contributed by atoms with Crippen LogP contribution < -0.4 is 0 Å². The van der Waals surface area contributed by atoms with Crippen LogP contribution in [0.4, 0.5) is 0 Å². The first-order valence-corrected chi connectivity index (χ1v) is 8.72. The standard InChI is InChI=1S/C18H27N5O/c1-3-17-19-20-18(21(17)2)14-23-11-9-22(10-12-23)13-16(24)15-7-5-4-6-8-15/h4-8,16,24H,3,9-14H2,1-2H3. The third-order valence-electron chi connectivity index (χ3n) is 4.82. The topological polar surface area (TPSA) is 57.4 Å². The summed E-state index contributed by atoms with van der Waals surface area (Å²) in [5, 5.41) is 18.9. The minimum Gasteiger partial charge on any atom is -0.387 e. The van der Waals surface area contributed by atoms with Crippen molar-refractivity contribution in [2.75, 3.05) is 32.7 Å². The number of benzene rings is 1. The monoisotopic (exact) mass is 329 g/mol. The molecule has 1 saturated heterocycles. The molecule has 24 heavy (non-hydrogen) atoms. The lowest BCUT2D eigenvalue weighted by molar-refractivity contribution is 0.0689. The summed E-state index contributed by atoms with van der Waals surface area (Å²) in [4.78, 5) is 4.75. The first-order valence-electron chi connectivity index (χ1n) is 8.72. The van der Waals surface area contributed by atoms with Crippen LogP contribution in [0.5, 0.6) is 0 Å². The molecule has 0 spiro atoms. The second-order valence-corrected chi connectivity index (χ2v) is 6.45. The van der Waals surface area contributed by atoms with E-state index in [9.17, 15) is 5.11 Å². The number of nitrogens with zero attached hydrogens (tertiary/aromatic N) is 5. The van der Waals surface area contributed by atoms with E-state index in [0.29, 0.717) is 6.54 Å². The molecule has 0 aliphatic carbocycles. The maximum absolute atomic E-state index is 10.4. The summed E-state index contributed by atoms with van der Waals surface area (Å²) in [6.07, 6.45) is 0.498. The average molecular weight is 329 g/mol. The largest absolute Gasteiger partial charge is 0.387 e. The second kappa shape index (κ2) is 7.88. The number of aliphatic hydroxyl groups is 1. The van der Waals surface area contributed by atoms with Crippen molar-refractivity contribution in [3.63, 3.8) is 0 Å². The third kappa shape index (κ3) is 4.01. The van der Waals surface area contributed by atoms with Gasteiger partial charge in [-0.3, -0.25) is 9.80 Å². The number of aliphatic hydroxyl groups excluding tert-OH is 1. The normalized spacial score (nSPS) is 18.0. The molecule has 2 heterocycles. The molecule has 1 N–H and O–H groups in total. The number of aromatic nitrogens is 3. The maximum Gasteiger partial charge on any atom is 0.146 e. The molecule has 1 aromatic carbocycles. The van der Waals surface area contributed by atoms with Gasteiger partial charge in [-0.25, -0.2) is 0 Å². The minimum atomic E-state index is -0.413. The Morgan fingerprint density at radius 1 is 1.00 bits per heavy atom. The van der Waals surface area contributed by atoms with Gasteiger partial charge in [0.15, 0.2) is 0 Å². The van der Waals surface area contributed by atoms with Crippen LogP contribution in [0, 0.1) is 0 Å². The molecule has 0 bridgehead atoms. The summed E-state index contributed by atoms with van der Waals surface area (Å²) in [5.41, 5.74) is 0.992. The van der Waals surface area contributed by atoms with Crippen LogP contribution in [-0.4, -0.2) is 62.4 Å². The van der Waals surface area contributed by atoms with Crippen molar-refractivity contribution in [3.8, 4) is 0 Å². The Balaban J connectivity index is 1.48. The van der Waals surface area contributed by atoms with Crippen molar-refractivity contribution in [2.24, 2.45) is 7.05 Å². The van der Waals surface area contributed by atoms with E-state index in [-0.39, 0.29) is 0 Å². The fourth-order valence-electron chi connectivity index (χ4n) is 3.20. The zero-order valence-corrected chi connectivity index (χ0v) is 14.6. The number of aryl methyl sites for hydroxylation is 1. The molecule has 1 fully saturated rings. The van der Waals surface area contributed by atoms with Crippen LogP contribution in [0.2, 0.25) is 0 Å². The molecule has 2 aromatic rings. The molecule has 0 radical (unpaired) electrons. The summed E-state index contributed by atoms with van der Waals surface area (Å²) in [6, 6.07) is 9.90. The number of hydrogen-bond donors (Lipinski definition) is 1. The van der Waals surface area contributed by atoms with E-state index in [2.05, 4.69) is 31.5 Å². The zero-order valence-electron chi connectivity index (χ0n) is 14.6. The summed E-state index contributed by atoms with van der Waals surface area (Å²) in [5.74, 6) is 2.07. The van der Waals surface area contributed by atoms with Crippen LogP contribution in [0.15, 0.2) is 30.3 Å². The molecule has 0 amide bonds. The average Bonchev–Trinajstić information content (AvgIpc) is 2.97. The summed E-state index contributed by atoms with van der Waals surface area (Å²) >= 11 is 0. The highest BCUT2D eigenvalue weighted by molar-refractivity contribution is 5.17. The highest BCUT2D eigenvalue weighted by atomic mass is 16.3. The first-order chi connectivity index (χ1) is 11.7. The molecule has 6 heteroatoms. The molecule has 1 unspecified atom stereocenters. The molecule has 3 rings (SSSR count). The highest BCUT2D eigenvalue weighted by Gasteiger charge is 2.21. The van der Waals surface area contributed by atoms with Gasteiger partial charge in [0, 0.05) is 46.2 Å². The molecule has 1 aliphatic heterocycles. The summed E-state index contributed by atoms with van der Waals surface area (Å²) in [6.45, 7) is 7.58. The van der Waals surface area contributed by atoms with Crippen molar-refractivity contribution in [1.82, 2.24) is 24.6 Å². The second-order valence-electron chi connectivity index (χ2n) is 6.45. The number of piperazine rings is 1. The fraction of sp³-hybridized carbons (Fsp3) is 0.556. The van der Waals surface area contributed by atoms with E-state index in [0.717, 1.165) is 56.4 Å². The molecular weight excluding hydrogens is 302 g/mol. The lowest BCUT2D eigenvalue weighted by atomic mass is 10.1. The lowest BCUT2D eigenvalue weighted by Crippen LogP contribution is -2.47. The highest BCUT2D eigenvalue weighted by Crippen LogP contribution is 2.15. The quantitative estimate of drug-likeness (QED) is 0.864. The molecule has 0 saturated carbocycles. The maximum atomic E-state index is 10.4.